The van der Waals surface area contributed by atoms with Gasteiger partial charge in [0.15, 0.2) is 5.11 Å². The molecule has 3 aromatic rings. The Hall–Kier alpha value is -1.95. The molecule has 25 heavy (non-hydrogen) atoms. The molecule has 0 saturated heterocycles. The molecule has 2 aromatic carbocycles. The number of fused-ring (bicyclic) bond motifs is 1. The van der Waals surface area contributed by atoms with Gasteiger partial charge in [-0.15, -0.1) is 0 Å². The normalized spacial score (nSPS) is 10.7. The maximum atomic E-state index is 13.5. The van der Waals surface area contributed by atoms with Gasteiger partial charge in [-0.3, -0.25) is 0 Å². The van der Waals surface area contributed by atoms with Crippen LogP contribution in [0.5, 0.6) is 0 Å². The lowest BCUT2D eigenvalue weighted by Crippen LogP contribution is -2.37. The van der Waals surface area contributed by atoms with E-state index in [0.717, 1.165) is 16.5 Å². The summed E-state index contributed by atoms with van der Waals surface area (Å²) in [6.07, 6.45) is 0. The minimum absolute atomic E-state index is 0.0316. The summed E-state index contributed by atoms with van der Waals surface area (Å²) in [4.78, 5) is 6.22. The summed E-state index contributed by atoms with van der Waals surface area (Å²) < 4.78 is 13.5. The second-order valence-corrected chi connectivity index (χ2v) is 6.52. The fraction of sp³-hybridized carbons (Fsp3) is 0.111. The smallest absolute Gasteiger partial charge is 0.173 e. The van der Waals surface area contributed by atoms with Gasteiger partial charge in [0, 0.05) is 23.7 Å². The second kappa shape index (κ2) is 7.52. The lowest BCUT2D eigenvalue weighted by Gasteiger charge is -2.25. The van der Waals surface area contributed by atoms with E-state index in [0.29, 0.717) is 22.5 Å². The van der Waals surface area contributed by atoms with Crippen molar-refractivity contribution in [2.45, 2.75) is 6.54 Å². The maximum absolute atomic E-state index is 13.5. The van der Waals surface area contributed by atoms with Crippen molar-refractivity contribution in [3.63, 3.8) is 0 Å². The average Bonchev–Trinajstić information content (AvgIpc) is 2.61. The standard InChI is InChI=1S/C18H14Cl2FN3S/c1-22-18(25)24(13-6-7-15(21)14(19)9-13)10-12-8-11-4-2-3-5-16(11)23-17(12)20/h2-9H,10H2,1H3,(H,22,25). The lowest BCUT2D eigenvalue weighted by atomic mass is 10.1. The second-order valence-electron chi connectivity index (χ2n) is 5.37. The molecule has 7 heteroatoms. The van der Waals surface area contributed by atoms with E-state index in [1.54, 1.807) is 18.0 Å². The molecule has 0 atom stereocenters. The van der Waals surface area contributed by atoms with Crippen LogP contribution in [-0.4, -0.2) is 17.1 Å². The molecular weight excluding hydrogens is 380 g/mol. The summed E-state index contributed by atoms with van der Waals surface area (Å²) in [6, 6.07) is 14.2. The number of thiocarbonyl (C=S) groups is 1. The van der Waals surface area contributed by atoms with Crippen LogP contribution in [0, 0.1) is 5.82 Å². The Morgan fingerprint density at radius 3 is 2.68 bits per heavy atom. The first-order valence-corrected chi connectivity index (χ1v) is 8.64. The molecule has 1 aromatic heterocycles. The van der Waals surface area contributed by atoms with Crippen molar-refractivity contribution in [3.05, 3.63) is 70.1 Å². The van der Waals surface area contributed by atoms with Crippen LogP contribution >= 0.6 is 35.4 Å². The predicted octanol–water partition coefficient (Wildman–Crippen LogP) is 5.19. The van der Waals surface area contributed by atoms with Crippen molar-refractivity contribution in [2.24, 2.45) is 0 Å². The van der Waals surface area contributed by atoms with E-state index in [4.69, 9.17) is 35.4 Å². The molecule has 0 bridgehead atoms. The number of pyridine rings is 1. The Bertz CT molecular complexity index is 949. The SMILES string of the molecule is CNC(=S)N(Cc1cc2ccccc2nc1Cl)c1ccc(F)c(Cl)c1. The fourth-order valence-corrected chi connectivity index (χ4v) is 3.04. The van der Waals surface area contributed by atoms with E-state index in [9.17, 15) is 4.39 Å². The molecule has 0 aliphatic heterocycles. The molecular formula is C18H14Cl2FN3S. The van der Waals surface area contributed by atoms with E-state index in [1.807, 2.05) is 30.3 Å². The highest BCUT2D eigenvalue weighted by molar-refractivity contribution is 7.80. The molecule has 3 nitrogen and oxygen atoms in total. The highest BCUT2D eigenvalue weighted by Gasteiger charge is 2.16. The Labute approximate surface area is 160 Å². The largest absolute Gasteiger partial charge is 0.365 e. The van der Waals surface area contributed by atoms with Crippen LogP contribution in [-0.2, 0) is 6.54 Å². The van der Waals surface area contributed by atoms with Gasteiger partial charge in [-0.05, 0) is 42.5 Å². The van der Waals surface area contributed by atoms with Crippen LogP contribution in [0.25, 0.3) is 10.9 Å². The summed E-state index contributed by atoms with van der Waals surface area (Å²) in [5.41, 5.74) is 2.29. The third-order valence-electron chi connectivity index (χ3n) is 3.75. The number of benzene rings is 2. The first-order chi connectivity index (χ1) is 12.0. The zero-order chi connectivity index (χ0) is 18.0. The van der Waals surface area contributed by atoms with Gasteiger partial charge in [-0.25, -0.2) is 9.37 Å². The van der Waals surface area contributed by atoms with E-state index in [2.05, 4.69) is 10.3 Å². The van der Waals surface area contributed by atoms with Crippen LogP contribution in [0.15, 0.2) is 48.5 Å². The molecule has 0 radical (unpaired) electrons. The number of para-hydroxylation sites is 1. The Morgan fingerprint density at radius 2 is 1.96 bits per heavy atom. The molecule has 0 fully saturated rings. The molecule has 0 spiro atoms. The van der Waals surface area contributed by atoms with Crippen molar-refractivity contribution < 1.29 is 4.39 Å². The van der Waals surface area contributed by atoms with Crippen LogP contribution in [0.1, 0.15) is 5.56 Å². The third-order valence-corrected chi connectivity index (χ3v) is 4.79. The molecule has 0 aliphatic carbocycles. The maximum Gasteiger partial charge on any atom is 0.173 e. The van der Waals surface area contributed by atoms with Crippen molar-refractivity contribution in [1.29, 1.82) is 0 Å². The lowest BCUT2D eigenvalue weighted by molar-refractivity contribution is 0.628. The molecule has 128 valence electrons. The summed E-state index contributed by atoms with van der Waals surface area (Å²) in [5, 5.41) is 4.81. The number of hydrogen-bond donors (Lipinski definition) is 1. The molecule has 0 aliphatic rings. The van der Waals surface area contributed by atoms with Gasteiger partial charge in [0.2, 0.25) is 0 Å². The summed E-state index contributed by atoms with van der Waals surface area (Å²) in [7, 11) is 1.72. The molecule has 0 unspecified atom stereocenters. The van der Waals surface area contributed by atoms with Gasteiger partial charge >= 0.3 is 0 Å². The average molecular weight is 394 g/mol. The van der Waals surface area contributed by atoms with Crippen LogP contribution in [0.4, 0.5) is 10.1 Å². The van der Waals surface area contributed by atoms with Crippen molar-refractivity contribution in [2.75, 3.05) is 11.9 Å². The number of nitrogens with one attached hydrogen (secondary N) is 1. The molecule has 1 heterocycles. The zero-order valence-electron chi connectivity index (χ0n) is 13.3. The Balaban J connectivity index is 2.02. The summed E-state index contributed by atoms with van der Waals surface area (Å²) in [5.74, 6) is -0.480. The van der Waals surface area contributed by atoms with E-state index in [1.165, 1.54) is 12.1 Å². The van der Waals surface area contributed by atoms with Crippen molar-refractivity contribution in [3.8, 4) is 0 Å². The zero-order valence-corrected chi connectivity index (χ0v) is 15.6. The molecule has 0 amide bonds. The minimum Gasteiger partial charge on any atom is -0.365 e. The Kier molecular flexibility index (Phi) is 5.37. The van der Waals surface area contributed by atoms with Crippen molar-refractivity contribution >= 4 is 57.1 Å². The van der Waals surface area contributed by atoms with Gasteiger partial charge in [0.1, 0.15) is 11.0 Å². The Morgan fingerprint density at radius 1 is 1.20 bits per heavy atom. The van der Waals surface area contributed by atoms with Gasteiger partial charge < -0.3 is 10.2 Å². The number of aromatic nitrogens is 1. The number of nitrogens with zero attached hydrogens (tertiary/aromatic N) is 2. The topological polar surface area (TPSA) is 28.2 Å². The van der Waals surface area contributed by atoms with Gasteiger partial charge in [0.05, 0.1) is 17.1 Å². The highest BCUT2D eigenvalue weighted by Crippen LogP contribution is 2.27. The van der Waals surface area contributed by atoms with Crippen LogP contribution in [0.2, 0.25) is 10.2 Å². The van der Waals surface area contributed by atoms with E-state index < -0.39 is 5.82 Å². The first-order valence-electron chi connectivity index (χ1n) is 7.48. The van der Waals surface area contributed by atoms with Gasteiger partial charge in [-0.2, -0.15) is 0 Å². The number of halogens is 3. The summed E-state index contributed by atoms with van der Waals surface area (Å²) >= 11 is 17.7. The number of rotatable bonds is 3. The summed E-state index contributed by atoms with van der Waals surface area (Å²) in [6.45, 7) is 0.373. The predicted molar refractivity (Wildman–Crippen MR) is 106 cm³/mol. The van der Waals surface area contributed by atoms with Crippen LogP contribution < -0.4 is 10.2 Å². The van der Waals surface area contributed by atoms with E-state index in [-0.39, 0.29) is 5.02 Å². The van der Waals surface area contributed by atoms with Gasteiger partial charge in [0.25, 0.3) is 0 Å². The van der Waals surface area contributed by atoms with Crippen molar-refractivity contribution in [1.82, 2.24) is 10.3 Å². The fourth-order valence-electron chi connectivity index (χ4n) is 2.49. The third kappa shape index (κ3) is 3.84. The molecule has 3 rings (SSSR count). The monoisotopic (exact) mass is 393 g/mol. The number of anilines is 1. The molecule has 1 N–H and O–H groups in total. The first kappa shape index (κ1) is 17.9. The van der Waals surface area contributed by atoms with Crippen LogP contribution in [0.3, 0.4) is 0 Å². The van der Waals surface area contributed by atoms with Gasteiger partial charge in [-0.1, -0.05) is 41.4 Å². The number of hydrogen-bond acceptors (Lipinski definition) is 2. The quantitative estimate of drug-likeness (QED) is 0.489. The van der Waals surface area contributed by atoms with E-state index >= 15 is 0 Å². The molecule has 0 saturated carbocycles. The highest BCUT2D eigenvalue weighted by atomic mass is 35.5. The minimum atomic E-state index is -0.480.